The summed E-state index contributed by atoms with van der Waals surface area (Å²) in [5.74, 6) is -1.02. The molecule has 0 radical (unpaired) electrons. The molecule has 7 nitrogen and oxygen atoms in total. The number of methoxy groups -OCH3 is 1. The van der Waals surface area contributed by atoms with Gasteiger partial charge >= 0.3 is 6.18 Å². The molecule has 1 saturated carbocycles. The van der Waals surface area contributed by atoms with Gasteiger partial charge in [-0.15, -0.1) is 0 Å². The molecule has 3 rings (SSSR count). The van der Waals surface area contributed by atoms with Crippen molar-refractivity contribution in [2.75, 3.05) is 13.7 Å². The van der Waals surface area contributed by atoms with E-state index in [1.54, 1.807) is 19.1 Å². The van der Waals surface area contributed by atoms with E-state index in [-0.39, 0.29) is 30.7 Å². The molecule has 1 fully saturated rings. The molecular weight excluding hydrogens is 492 g/mol. The second-order valence-electron chi connectivity index (χ2n) is 9.29. The third kappa shape index (κ3) is 7.50. The summed E-state index contributed by atoms with van der Waals surface area (Å²) < 4.78 is 59.0. The molecule has 2 amide bonds. The average molecular weight is 523 g/mol. The zero-order valence-electron chi connectivity index (χ0n) is 20.6. The fraction of sp³-hybridized carbons (Fsp3) is 0.462. The number of aromatic nitrogens is 1. The molecule has 200 valence electrons. The van der Waals surface area contributed by atoms with Gasteiger partial charge in [-0.05, 0) is 62.8 Å². The van der Waals surface area contributed by atoms with Crippen LogP contribution in [0.1, 0.15) is 60.5 Å². The Morgan fingerprint density at radius 3 is 2.51 bits per heavy atom. The van der Waals surface area contributed by atoms with Crippen LogP contribution in [0.2, 0.25) is 0 Å². The number of amides is 2. The Morgan fingerprint density at radius 2 is 1.92 bits per heavy atom. The van der Waals surface area contributed by atoms with Crippen LogP contribution in [0.15, 0.2) is 42.6 Å². The minimum absolute atomic E-state index is 0.102. The lowest BCUT2D eigenvalue weighted by Crippen LogP contribution is -2.42. The number of carbonyl (C=O) groups is 2. The van der Waals surface area contributed by atoms with Crippen molar-refractivity contribution in [3.8, 4) is 5.88 Å². The topological polar surface area (TPSA) is 104 Å². The zero-order chi connectivity index (χ0) is 27.2. The molecule has 0 spiro atoms. The standard InChI is InChI=1S/C26H30F4N4O3/c1-16(34-22(35)15-33-24(36)18-4-3-5-19(13-18)26(28,29)30)12-21(31)17-8-10-25(27,11-9-17)20-6-7-23(37-2)32-14-20/h3-7,13-14,16-17,31H,8-12,15H2,1-2H3,(H,33,36)(H,34,35)/t16-,17?,25?/m1/s1. The molecule has 1 aromatic carbocycles. The lowest BCUT2D eigenvalue weighted by molar-refractivity contribution is -0.137. The first-order valence-corrected chi connectivity index (χ1v) is 11.9. The van der Waals surface area contributed by atoms with E-state index in [2.05, 4.69) is 15.6 Å². The summed E-state index contributed by atoms with van der Waals surface area (Å²) in [7, 11) is 1.49. The smallest absolute Gasteiger partial charge is 0.416 e. The molecule has 1 aliphatic carbocycles. The van der Waals surface area contributed by atoms with E-state index in [1.807, 2.05) is 0 Å². The SMILES string of the molecule is COc1ccc(C2(F)CCC(C(=N)C[C@@H](C)NC(=O)CNC(=O)c3cccc(C(F)(F)F)c3)CC2)cn1. The highest BCUT2D eigenvalue weighted by Gasteiger charge is 2.38. The maximum absolute atomic E-state index is 15.5. The Morgan fingerprint density at radius 1 is 1.22 bits per heavy atom. The lowest BCUT2D eigenvalue weighted by atomic mass is 9.74. The predicted molar refractivity (Wildman–Crippen MR) is 129 cm³/mol. The fourth-order valence-electron chi connectivity index (χ4n) is 4.45. The summed E-state index contributed by atoms with van der Waals surface area (Å²) in [5.41, 5.74) is -1.76. The van der Waals surface area contributed by atoms with Gasteiger partial charge in [0, 0.05) is 41.6 Å². The van der Waals surface area contributed by atoms with Crippen molar-refractivity contribution in [2.24, 2.45) is 5.92 Å². The molecule has 0 saturated heterocycles. The molecule has 37 heavy (non-hydrogen) atoms. The van der Waals surface area contributed by atoms with Crippen molar-refractivity contribution in [1.82, 2.24) is 15.6 Å². The monoisotopic (exact) mass is 522 g/mol. The largest absolute Gasteiger partial charge is 0.481 e. The summed E-state index contributed by atoms with van der Waals surface area (Å²) in [6, 6.07) is 6.81. The van der Waals surface area contributed by atoms with Crippen molar-refractivity contribution in [1.29, 1.82) is 5.41 Å². The Kier molecular flexibility index (Phi) is 8.88. The molecule has 0 aliphatic heterocycles. The van der Waals surface area contributed by atoms with Gasteiger partial charge in [0.1, 0.15) is 5.67 Å². The first-order chi connectivity index (χ1) is 17.4. The van der Waals surface area contributed by atoms with Crippen LogP contribution >= 0.6 is 0 Å². The van der Waals surface area contributed by atoms with Crippen molar-refractivity contribution >= 4 is 17.5 Å². The number of hydrogen-bond acceptors (Lipinski definition) is 5. The molecular formula is C26H30F4N4O3. The number of ether oxygens (including phenoxy) is 1. The van der Waals surface area contributed by atoms with Gasteiger partial charge in [-0.1, -0.05) is 6.07 Å². The van der Waals surface area contributed by atoms with E-state index < -0.39 is 41.8 Å². The lowest BCUT2D eigenvalue weighted by Gasteiger charge is -2.34. The van der Waals surface area contributed by atoms with Crippen LogP contribution in [0.5, 0.6) is 5.88 Å². The van der Waals surface area contributed by atoms with E-state index >= 15 is 4.39 Å². The molecule has 1 atom stereocenters. The predicted octanol–water partition coefficient (Wildman–Crippen LogP) is 4.81. The minimum Gasteiger partial charge on any atom is -0.481 e. The third-order valence-electron chi connectivity index (χ3n) is 6.53. The first-order valence-electron chi connectivity index (χ1n) is 11.9. The van der Waals surface area contributed by atoms with Crippen LogP contribution in [0, 0.1) is 11.3 Å². The molecule has 3 N–H and O–H groups in total. The molecule has 0 bridgehead atoms. The van der Waals surface area contributed by atoms with E-state index in [4.69, 9.17) is 10.1 Å². The number of rotatable bonds is 9. The minimum atomic E-state index is -4.58. The Balaban J connectivity index is 1.43. The summed E-state index contributed by atoms with van der Waals surface area (Å²) >= 11 is 0. The Labute approximate surface area is 212 Å². The van der Waals surface area contributed by atoms with Crippen LogP contribution in [0.4, 0.5) is 17.6 Å². The summed E-state index contributed by atoms with van der Waals surface area (Å²) in [6.07, 6.45) is -1.32. The zero-order valence-corrected chi connectivity index (χ0v) is 20.6. The maximum Gasteiger partial charge on any atom is 0.416 e. The number of nitrogens with zero attached hydrogens (tertiary/aromatic N) is 1. The van der Waals surface area contributed by atoms with Gasteiger partial charge in [-0.2, -0.15) is 13.2 Å². The number of hydrogen-bond donors (Lipinski definition) is 3. The summed E-state index contributed by atoms with van der Waals surface area (Å²) in [6.45, 7) is 1.29. The third-order valence-corrected chi connectivity index (χ3v) is 6.53. The summed E-state index contributed by atoms with van der Waals surface area (Å²) in [5, 5.41) is 13.4. The van der Waals surface area contributed by atoms with Gasteiger partial charge in [0.2, 0.25) is 11.8 Å². The molecule has 1 aliphatic rings. The van der Waals surface area contributed by atoms with Crippen LogP contribution in [0.3, 0.4) is 0 Å². The van der Waals surface area contributed by atoms with Crippen LogP contribution < -0.4 is 15.4 Å². The molecule has 1 aromatic heterocycles. The van der Waals surface area contributed by atoms with Crippen LogP contribution in [-0.2, 0) is 16.6 Å². The van der Waals surface area contributed by atoms with Gasteiger partial charge in [0.25, 0.3) is 5.91 Å². The molecule has 11 heteroatoms. The van der Waals surface area contributed by atoms with Crippen molar-refractivity contribution in [3.05, 3.63) is 59.3 Å². The van der Waals surface area contributed by atoms with E-state index in [0.717, 1.165) is 18.2 Å². The number of carbonyl (C=O) groups excluding carboxylic acids is 2. The highest BCUT2D eigenvalue weighted by molar-refractivity contribution is 5.96. The maximum atomic E-state index is 15.5. The highest BCUT2D eigenvalue weighted by atomic mass is 19.4. The Hall–Kier alpha value is -3.50. The van der Waals surface area contributed by atoms with Crippen molar-refractivity contribution in [2.45, 2.75) is 56.9 Å². The van der Waals surface area contributed by atoms with Crippen LogP contribution in [0.25, 0.3) is 0 Å². The highest BCUT2D eigenvalue weighted by Crippen LogP contribution is 2.43. The normalized spacial score (nSPS) is 20.5. The molecule has 0 unspecified atom stereocenters. The Bertz CT molecular complexity index is 1110. The van der Waals surface area contributed by atoms with Gasteiger partial charge in [-0.25, -0.2) is 9.37 Å². The summed E-state index contributed by atoms with van der Waals surface area (Å²) in [4.78, 5) is 28.5. The van der Waals surface area contributed by atoms with E-state index in [9.17, 15) is 22.8 Å². The number of pyridine rings is 1. The first kappa shape index (κ1) is 28.1. The van der Waals surface area contributed by atoms with Gasteiger partial charge in [-0.3, -0.25) is 9.59 Å². The average Bonchev–Trinajstić information content (AvgIpc) is 2.87. The van der Waals surface area contributed by atoms with Gasteiger partial charge < -0.3 is 20.8 Å². The van der Waals surface area contributed by atoms with Gasteiger partial charge in [0.05, 0.1) is 19.2 Å². The number of alkyl halides is 4. The molecule has 2 aromatic rings. The number of nitrogens with one attached hydrogen (secondary N) is 3. The fourth-order valence-corrected chi connectivity index (χ4v) is 4.45. The number of benzene rings is 1. The van der Waals surface area contributed by atoms with Crippen molar-refractivity contribution in [3.63, 3.8) is 0 Å². The quantitative estimate of drug-likeness (QED) is 0.325. The second kappa shape index (κ2) is 11.7. The van der Waals surface area contributed by atoms with Crippen LogP contribution in [-0.4, -0.2) is 42.2 Å². The van der Waals surface area contributed by atoms with E-state index in [1.165, 1.54) is 19.4 Å². The van der Waals surface area contributed by atoms with E-state index in [0.29, 0.717) is 30.0 Å². The molecule has 1 heterocycles. The second-order valence-corrected chi connectivity index (χ2v) is 9.29. The van der Waals surface area contributed by atoms with Crippen molar-refractivity contribution < 1.29 is 31.9 Å². The van der Waals surface area contributed by atoms with Gasteiger partial charge in [0.15, 0.2) is 0 Å². The number of halogens is 4.